The van der Waals surface area contributed by atoms with Gasteiger partial charge in [0.05, 0.1) is 5.75 Å². The van der Waals surface area contributed by atoms with E-state index in [-0.39, 0.29) is 5.75 Å². The van der Waals surface area contributed by atoms with Crippen LogP contribution in [-0.4, -0.2) is 44.7 Å². The minimum absolute atomic E-state index is 0.0225. The third-order valence-corrected chi connectivity index (χ3v) is 4.57. The van der Waals surface area contributed by atoms with Gasteiger partial charge in [-0.1, -0.05) is 32.5 Å². The Labute approximate surface area is 129 Å². The fourth-order valence-corrected chi connectivity index (χ4v) is 3.67. The first-order valence-electron chi connectivity index (χ1n) is 7.54. The van der Waals surface area contributed by atoms with Crippen LogP contribution in [0.1, 0.15) is 33.6 Å². The van der Waals surface area contributed by atoms with E-state index in [9.17, 15) is 4.79 Å². The SMILES string of the molecule is CCCn1c(SCC(=O)O)nnc1N1CC(C)CC(C)C1. The van der Waals surface area contributed by atoms with Crippen LogP contribution in [0, 0.1) is 11.8 Å². The van der Waals surface area contributed by atoms with Crippen molar-refractivity contribution in [2.75, 3.05) is 23.7 Å². The van der Waals surface area contributed by atoms with Gasteiger partial charge in [0.1, 0.15) is 0 Å². The Balaban J connectivity index is 2.19. The largest absolute Gasteiger partial charge is 0.481 e. The maximum absolute atomic E-state index is 10.7. The zero-order valence-corrected chi connectivity index (χ0v) is 13.8. The van der Waals surface area contributed by atoms with E-state index in [0.29, 0.717) is 17.0 Å². The van der Waals surface area contributed by atoms with Gasteiger partial charge in [0.2, 0.25) is 5.95 Å². The van der Waals surface area contributed by atoms with Crippen molar-refractivity contribution in [3.8, 4) is 0 Å². The predicted molar refractivity (Wildman–Crippen MR) is 83.8 cm³/mol. The number of piperidine rings is 1. The highest BCUT2D eigenvalue weighted by molar-refractivity contribution is 7.99. The molecule has 2 heterocycles. The molecule has 0 aromatic carbocycles. The van der Waals surface area contributed by atoms with E-state index >= 15 is 0 Å². The molecule has 1 aromatic heterocycles. The van der Waals surface area contributed by atoms with Gasteiger partial charge in [-0.05, 0) is 24.7 Å². The van der Waals surface area contributed by atoms with Crippen LogP contribution in [0.3, 0.4) is 0 Å². The highest BCUT2D eigenvalue weighted by atomic mass is 32.2. The van der Waals surface area contributed by atoms with E-state index in [4.69, 9.17) is 5.11 Å². The van der Waals surface area contributed by atoms with Crippen molar-refractivity contribution in [3.05, 3.63) is 0 Å². The Morgan fingerprint density at radius 1 is 1.33 bits per heavy atom. The summed E-state index contributed by atoms with van der Waals surface area (Å²) in [5, 5.41) is 18.1. The van der Waals surface area contributed by atoms with Gasteiger partial charge < -0.3 is 10.0 Å². The van der Waals surface area contributed by atoms with Gasteiger partial charge in [-0.3, -0.25) is 9.36 Å². The summed E-state index contributed by atoms with van der Waals surface area (Å²) in [5.74, 6) is 1.39. The van der Waals surface area contributed by atoms with Gasteiger partial charge in [0.15, 0.2) is 5.16 Å². The standard InChI is InChI=1S/C14H24N4O2S/c1-4-5-18-13(15-16-14(18)21-9-12(19)20)17-7-10(2)6-11(3)8-17/h10-11H,4-9H2,1-3H3,(H,19,20). The molecular weight excluding hydrogens is 288 g/mol. The summed E-state index contributed by atoms with van der Waals surface area (Å²) in [6.07, 6.45) is 2.23. The van der Waals surface area contributed by atoms with E-state index in [1.807, 2.05) is 0 Å². The zero-order chi connectivity index (χ0) is 15.4. The predicted octanol–water partition coefficient (Wildman–Crippen LogP) is 2.35. The number of carboxylic acid groups (broad SMARTS) is 1. The van der Waals surface area contributed by atoms with Crippen LogP contribution in [0.15, 0.2) is 5.16 Å². The molecule has 2 rings (SSSR count). The van der Waals surface area contributed by atoms with Crippen molar-refractivity contribution in [1.29, 1.82) is 0 Å². The van der Waals surface area contributed by atoms with E-state index in [1.165, 1.54) is 18.2 Å². The number of carboxylic acids is 1. The van der Waals surface area contributed by atoms with Crippen molar-refractivity contribution < 1.29 is 9.90 Å². The molecular formula is C14H24N4O2S. The summed E-state index contributed by atoms with van der Waals surface area (Å²) in [4.78, 5) is 13.0. The van der Waals surface area contributed by atoms with E-state index in [0.717, 1.165) is 32.0 Å². The third-order valence-electron chi connectivity index (χ3n) is 3.62. The smallest absolute Gasteiger partial charge is 0.313 e. The third kappa shape index (κ3) is 4.12. The van der Waals surface area contributed by atoms with Gasteiger partial charge in [-0.25, -0.2) is 0 Å². The first kappa shape index (κ1) is 16.1. The van der Waals surface area contributed by atoms with Crippen LogP contribution in [0.5, 0.6) is 0 Å². The Kier molecular flexibility index (Phi) is 5.50. The van der Waals surface area contributed by atoms with Crippen LogP contribution in [0.4, 0.5) is 5.95 Å². The first-order valence-corrected chi connectivity index (χ1v) is 8.52. The molecule has 0 amide bonds. The quantitative estimate of drug-likeness (QED) is 0.813. The summed E-state index contributed by atoms with van der Waals surface area (Å²) < 4.78 is 2.07. The lowest BCUT2D eigenvalue weighted by atomic mass is 9.92. The summed E-state index contributed by atoms with van der Waals surface area (Å²) in [5.41, 5.74) is 0. The molecule has 6 nitrogen and oxygen atoms in total. The van der Waals surface area contributed by atoms with Gasteiger partial charge in [0, 0.05) is 19.6 Å². The lowest BCUT2D eigenvalue weighted by Crippen LogP contribution is -2.40. The maximum Gasteiger partial charge on any atom is 0.313 e. The number of rotatable bonds is 6. The number of carbonyl (C=O) groups is 1. The number of nitrogens with zero attached hydrogens (tertiary/aromatic N) is 4. The van der Waals surface area contributed by atoms with Crippen LogP contribution in [-0.2, 0) is 11.3 Å². The number of aromatic nitrogens is 3. The summed E-state index contributed by atoms with van der Waals surface area (Å²) in [6, 6.07) is 0. The van der Waals surface area contributed by atoms with Crippen molar-refractivity contribution in [3.63, 3.8) is 0 Å². The number of anilines is 1. The van der Waals surface area contributed by atoms with Crippen LogP contribution in [0.25, 0.3) is 0 Å². The van der Waals surface area contributed by atoms with Gasteiger partial charge in [0.25, 0.3) is 0 Å². The number of hydrogen-bond acceptors (Lipinski definition) is 5. The van der Waals surface area contributed by atoms with E-state index in [2.05, 4.69) is 40.4 Å². The first-order chi connectivity index (χ1) is 10.0. The number of aliphatic carboxylic acids is 1. The molecule has 2 unspecified atom stereocenters. The molecule has 1 fully saturated rings. The maximum atomic E-state index is 10.7. The van der Waals surface area contributed by atoms with Crippen LogP contribution >= 0.6 is 11.8 Å². The fraction of sp³-hybridized carbons (Fsp3) is 0.786. The molecule has 1 aliphatic rings. The zero-order valence-electron chi connectivity index (χ0n) is 12.9. The summed E-state index contributed by atoms with van der Waals surface area (Å²) in [7, 11) is 0. The van der Waals surface area contributed by atoms with Crippen molar-refractivity contribution in [2.24, 2.45) is 11.8 Å². The van der Waals surface area contributed by atoms with E-state index in [1.54, 1.807) is 0 Å². The molecule has 0 bridgehead atoms. The highest BCUT2D eigenvalue weighted by Crippen LogP contribution is 2.28. The van der Waals surface area contributed by atoms with Crippen molar-refractivity contribution in [1.82, 2.24) is 14.8 Å². The lowest BCUT2D eigenvalue weighted by molar-refractivity contribution is -0.133. The second-order valence-corrected chi connectivity index (χ2v) is 6.91. The molecule has 0 saturated carbocycles. The summed E-state index contributed by atoms with van der Waals surface area (Å²) in [6.45, 7) is 9.46. The molecule has 2 atom stereocenters. The average molecular weight is 312 g/mol. The van der Waals surface area contributed by atoms with Crippen molar-refractivity contribution >= 4 is 23.7 Å². The topological polar surface area (TPSA) is 71.2 Å². The molecule has 0 aliphatic carbocycles. The van der Waals surface area contributed by atoms with Gasteiger partial charge in [-0.2, -0.15) is 0 Å². The minimum Gasteiger partial charge on any atom is -0.481 e. The van der Waals surface area contributed by atoms with E-state index < -0.39 is 5.97 Å². The molecule has 0 radical (unpaired) electrons. The minimum atomic E-state index is -0.826. The molecule has 1 aromatic rings. The van der Waals surface area contributed by atoms with Gasteiger partial charge >= 0.3 is 5.97 Å². The summed E-state index contributed by atoms with van der Waals surface area (Å²) >= 11 is 1.24. The molecule has 21 heavy (non-hydrogen) atoms. The number of thioether (sulfide) groups is 1. The Bertz CT molecular complexity index is 481. The average Bonchev–Trinajstić information content (AvgIpc) is 2.79. The lowest BCUT2D eigenvalue weighted by Gasteiger charge is -2.35. The van der Waals surface area contributed by atoms with Gasteiger partial charge in [-0.15, -0.1) is 10.2 Å². The van der Waals surface area contributed by atoms with Crippen LogP contribution in [0.2, 0.25) is 0 Å². The normalized spacial score (nSPS) is 22.5. The fourth-order valence-electron chi connectivity index (χ4n) is 2.99. The molecule has 1 saturated heterocycles. The Hall–Kier alpha value is -1.24. The number of hydrogen-bond donors (Lipinski definition) is 1. The van der Waals surface area contributed by atoms with Crippen molar-refractivity contribution in [2.45, 2.75) is 45.3 Å². The molecule has 1 N–H and O–H groups in total. The Morgan fingerprint density at radius 3 is 2.57 bits per heavy atom. The van der Waals surface area contributed by atoms with Crippen LogP contribution < -0.4 is 4.90 Å². The highest BCUT2D eigenvalue weighted by Gasteiger charge is 2.26. The Morgan fingerprint density at radius 2 is 2.00 bits per heavy atom. The molecule has 118 valence electrons. The molecule has 0 spiro atoms. The monoisotopic (exact) mass is 312 g/mol. The molecule has 1 aliphatic heterocycles. The second-order valence-electron chi connectivity index (χ2n) is 5.97. The second kappa shape index (κ2) is 7.15. The molecule has 7 heteroatoms.